The Hall–Kier alpha value is -3.69. The summed E-state index contributed by atoms with van der Waals surface area (Å²) < 4.78 is 4.78. The van der Waals surface area contributed by atoms with Gasteiger partial charge in [-0.05, 0) is 55.8 Å². The smallest absolute Gasteiger partial charge is 0.354 e. The number of esters is 1. The average Bonchev–Trinajstić information content (AvgIpc) is 3.12. The lowest BCUT2D eigenvalue weighted by Gasteiger charge is -2.11. The first kappa shape index (κ1) is 24.9. The van der Waals surface area contributed by atoms with Gasteiger partial charge in [0, 0.05) is 12.1 Å². The SMILES string of the molecule is COC(=O)C(=Cc1sc(C)nc1C)NC(=O)c1ccc(C(=O)NCc2cccc(O)c2)cc1Cl. The molecule has 2 amide bonds. The number of ether oxygens (including phenoxy) is 1. The Labute approximate surface area is 205 Å². The zero-order chi connectivity index (χ0) is 24.8. The molecule has 0 radical (unpaired) electrons. The lowest BCUT2D eigenvalue weighted by molar-refractivity contribution is -0.136. The van der Waals surface area contributed by atoms with Gasteiger partial charge in [0.1, 0.15) is 11.4 Å². The minimum absolute atomic E-state index is 0.0385. The first-order chi connectivity index (χ1) is 16.2. The van der Waals surface area contributed by atoms with E-state index in [1.807, 2.05) is 6.92 Å². The first-order valence-electron chi connectivity index (χ1n) is 10.1. The van der Waals surface area contributed by atoms with E-state index in [1.54, 1.807) is 25.1 Å². The van der Waals surface area contributed by atoms with Gasteiger partial charge in [0.05, 0.1) is 33.3 Å². The van der Waals surface area contributed by atoms with Crippen molar-refractivity contribution in [3.8, 4) is 5.75 Å². The predicted octanol–water partition coefficient (Wildman–Crippen LogP) is 3.99. The highest BCUT2D eigenvalue weighted by Crippen LogP contribution is 2.22. The van der Waals surface area contributed by atoms with Crippen LogP contribution in [0.15, 0.2) is 48.2 Å². The summed E-state index contributed by atoms with van der Waals surface area (Å²) in [7, 11) is 1.21. The summed E-state index contributed by atoms with van der Waals surface area (Å²) in [5, 5.41) is 15.6. The van der Waals surface area contributed by atoms with Crippen molar-refractivity contribution in [2.45, 2.75) is 20.4 Å². The molecule has 3 rings (SSSR count). The number of methoxy groups -OCH3 is 1. The Balaban J connectivity index is 1.74. The molecular formula is C24H22ClN3O5S. The molecule has 3 N–H and O–H groups in total. The molecule has 34 heavy (non-hydrogen) atoms. The number of phenols is 1. The Kier molecular flexibility index (Phi) is 8.04. The quantitative estimate of drug-likeness (QED) is 0.334. The second-order valence-corrected chi connectivity index (χ2v) is 8.88. The zero-order valence-electron chi connectivity index (χ0n) is 18.6. The van der Waals surface area contributed by atoms with Crippen LogP contribution in [0.1, 0.15) is 41.9 Å². The number of nitrogens with one attached hydrogen (secondary N) is 2. The van der Waals surface area contributed by atoms with Gasteiger partial charge in [0.2, 0.25) is 0 Å². The number of halogens is 1. The number of carbonyl (C=O) groups is 3. The number of aromatic nitrogens is 1. The van der Waals surface area contributed by atoms with E-state index in [4.69, 9.17) is 16.3 Å². The van der Waals surface area contributed by atoms with E-state index in [0.717, 1.165) is 16.3 Å². The molecule has 0 saturated carbocycles. The van der Waals surface area contributed by atoms with E-state index in [2.05, 4.69) is 15.6 Å². The maximum Gasteiger partial charge on any atom is 0.354 e. The van der Waals surface area contributed by atoms with E-state index in [1.165, 1.54) is 48.8 Å². The van der Waals surface area contributed by atoms with Crippen molar-refractivity contribution < 1.29 is 24.2 Å². The average molecular weight is 500 g/mol. The van der Waals surface area contributed by atoms with Crippen molar-refractivity contribution in [1.82, 2.24) is 15.6 Å². The van der Waals surface area contributed by atoms with Gasteiger partial charge in [0.15, 0.2) is 0 Å². The van der Waals surface area contributed by atoms with Gasteiger partial charge in [-0.3, -0.25) is 9.59 Å². The topological polar surface area (TPSA) is 118 Å². The number of hydrogen-bond donors (Lipinski definition) is 3. The monoisotopic (exact) mass is 499 g/mol. The number of hydrogen-bond acceptors (Lipinski definition) is 7. The van der Waals surface area contributed by atoms with E-state index >= 15 is 0 Å². The van der Waals surface area contributed by atoms with Crippen LogP contribution in [0, 0.1) is 13.8 Å². The molecule has 2 aromatic carbocycles. The third-order valence-electron chi connectivity index (χ3n) is 4.71. The van der Waals surface area contributed by atoms with Crippen molar-refractivity contribution in [3.05, 3.63) is 85.5 Å². The van der Waals surface area contributed by atoms with E-state index < -0.39 is 17.8 Å². The summed E-state index contributed by atoms with van der Waals surface area (Å²) in [5.41, 5.74) is 1.71. The number of aromatic hydroxyl groups is 1. The molecule has 0 aliphatic rings. The molecule has 10 heteroatoms. The molecule has 0 spiro atoms. The molecule has 3 aromatic rings. The Morgan fingerprint density at radius 2 is 1.91 bits per heavy atom. The van der Waals surface area contributed by atoms with Crippen LogP contribution in [0.3, 0.4) is 0 Å². The van der Waals surface area contributed by atoms with Gasteiger partial charge in [-0.2, -0.15) is 0 Å². The van der Waals surface area contributed by atoms with Crippen LogP contribution < -0.4 is 10.6 Å². The number of carbonyl (C=O) groups excluding carboxylic acids is 3. The van der Waals surface area contributed by atoms with Crippen LogP contribution in [0.2, 0.25) is 5.02 Å². The normalized spacial score (nSPS) is 11.1. The van der Waals surface area contributed by atoms with Gasteiger partial charge >= 0.3 is 5.97 Å². The Morgan fingerprint density at radius 1 is 1.15 bits per heavy atom. The molecule has 8 nitrogen and oxygen atoms in total. The van der Waals surface area contributed by atoms with Gasteiger partial charge < -0.3 is 20.5 Å². The molecule has 0 saturated heterocycles. The Bertz CT molecular complexity index is 1290. The van der Waals surface area contributed by atoms with Crippen molar-refractivity contribution in [1.29, 1.82) is 0 Å². The summed E-state index contributed by atoms with van der Waals surface area (Å²) in [5.74, 6) is -1.65. The summed E-state index contributed by atoms with van der Waals surface area (Å²) in [6, 6.07) is 10.7. The molecular weight excluding hydrogens is 478 g/mol. The summed E-state index contributed by atoms with van der Waals surface area (Å²) in [6.07, 6.45) is 1.50. The second kappa shape index (κ2) is 11.0. The highest BCUT2D eigenvalue weighted by atomic mass is 35.5. The summed E-state index contributed by atoms with van der Waals surface area (Å²) >= 11 is 7.65. The van der Waals surface area contributed by atoms with Crippen molar-refractivity contribution in [2.24, 2.45) is 0 Å². The third-order valence-corrected chi connectivity index (χ3v) is 6.04. The molecule has 0 aliphatic heterocycles. The number of aryl methyl sites for hydroxylation is 2. The third kappa shape index (κ3) is 6.21. The lowest BCUT2D eigenvalue weighted by atomic mass is 10.1. The van der Waals surface area contributed by atoms with Gasteiger partial charge in [-0.25, -0.2) is 9.78 Å². The predicted molar refractivity (Wildman–Crippen MR) is 130 cm³/mol. The number of nitrogens with zero attached hydrogens (tertiary/aromatic N) is 1. The fourth-order valence-electron chi connectivity index (χ4n) is 3.05. The van der Waals surface area contributed by atoms with Crippen LogP contribution in [0.4, 0.5) is 0 Å². The minimum atomic E-state index is -0.724. The van der Waals surface area contributed by atoms with Crippen LogP contribution in [0.25, 0.3) is 6.08 Å². The molecule has 0 unspecified atom stereocenters. The minimum Gasteiger partial charge on any atom is -0.508 e. The van der Waals surface area contributed by atoms with E-state index in [0.29, 0.717) is 4.88 Å². The highest BCUT2D eigenvalue weighted by Gasteiger charge is 2.19. The number of rotatable bonds is 7. The van der Waals surface area contributed by atoms with Gasteiger partial charge in [0.25, 0.3) is 11.8 Å². The fourth-order valence-corrected chi connectivity index (χ4v) is 4.19. The lowest BCUT2D eigenvalue weighted by Crippen LogP contribution is -2.28. The first-order valence-corrected chi connectivity index (χ1v) is 11.3. The molecule has 1 aromatic heterocycles. The van der Waals surface area contributed by atoms with E-state index in [-0.39, 0.29) is 34.1 Å². The van der Waals surface area contributed by atoms with Crippen LogP contribution in [-0.4, -0.2) is 35.0 Å². The highest BCUT2D eigenvalue weighted by molar-refractivity contribution is 7.12. The second-order valence-electron chi connectivity index (χ2n) is 7.23. The largest absolute Gasteiger partial charge is 0.508 e. The summed E-state index contributed by atoms with van der Waals surface area (Å²) in [4.78, 5) is 42.5. The van der Waals surface area contributed by atoms with Crippen molar-refractivity contribution in [3.63, 3.8) is 0 Å². The molecule has 1 heterocycles. The number of amides is 2. The van der Waals surface area contributed by atoms with Crippen molar-refractivity contribution >= 4 is 46.8 Å². The molecule has 0 atom stereocenters. The number of thiazole rings is 1. The molecule has 0 aliphatic carbocycles. The number of phenolic OH excluding ortho intramolecular Hbond substituents is 1. The standard InChI is InChI=1S/C24H22ClN3O5S/c1-13-21(34-14(2)27-13)11-20(24(32)33-3)28-23(31)18-8-7-16(10-19(18)25)22(30)26-12-15-5-4-6-17(29)9-15/h4-11,29H,12H2,1-3H3,(H,26,30)(H,28,31). The van der Waals surface area contributed by atoms with Crippen molar-refractivity contribution in [2.75, 3.05) is 7.11 Å². The number of benzene rings is 2. The molecule has 0 bridgehead atoms. The van der Waals surface area contributed by atoms with Gasteiger partial charge in [-0.1, -0.05) is 23.7 Å². The van der Waals surface area contributed by atoms with Crippen LogP contribution in [-0.2, 0) is 16.1 Å². The molecule has 176 valence electrons. The maximum absolute atomic E-state index is 12.8. The summed E-state index contributed by atoms with van der Waals surface area (Å²) in [6.45, 7) is 3.84. The fraction of sp³-hybridized carbons (Fsp3) is 0.167. The van der Waals surface area contributed by atoms with Crippen LogP contribution in [0.5, 0.6) is 5.75 Å². The zero-order valence-corrected chi connectivity index (χ0v) is 20.2. The molecule has 0 fully saturated rings. The van der Waals surface area contributed by atoms with Gasteiger partial charge in [-0.15, -0.1) is 11.3 Å². The van der Waals surface area contributed by atoms with Crippen LogP contribution >= 0.6 is 22.9 Å². The Morgan fingerprint density at radius 3 is 2.53 bits per heavy atom. The van der Waals surface area contributed by atoms with E-state index in [9.17, 15) is 19.5 Å². The maximum atomic E-state index is 12.8.